The van der Waals surface area contributed by atoms with Gasteiger partial charge in [0.25, 0.3) is 0 Å². The molecule has 0 amide bonds. The van der Waals surface area contributed by atoms with Gasteiger partial charge in [-0.3, -0.25) is 0 Å². The van der Waals surface area contributed by atoms with Gasteiger partial charge in [-0.1, -0.05) is 41.0 Å². The number of thioether (sulfide) groups is 1. The molecule has 2 heteroatoms. The van der Waals surface area contributed by atoms with E-state index >= 15 is 0 Å². The van der Waals surface area contributed by atoms with Gasteiger partial charge in [0, 0.05) is 17.0 Å². The summed E-state index contributed by atoms with van der Waals surface area (Å²) in [7, 11) is 0. The lowest BCUT2D eigenvalue weighted by molar-refractivity contribution is 0.417. The number of hydrogen-bond acceptors (Lipinski definition) is 2. The zero-order chi connectivity index (χ0) is 12.4. The third kappa shape index (κ3) is 8.46. The molecule has 3 unspecified atom stereocenters. The molecule has 0 heterocycles. The molecule has 3 atom stereocenters. The van der Waals surface area contributed by atoms with E-state index in [9.17, 15) is 0 Å². The van der Waals surface area contributed by atoms with E-state index in [4.69, 9.17) is 0 Å². The SMILES string of the molecule is CCCNC(CSC(C)CC)CC(C)CC. The molecule has 98 valence electrons. The minimum Gasteiger partial charge on any atom is -0.313 e. The van der Waals surface area contributed by atoms with Crippen LogP contribution in [0.4, 0.5) is 0 Å². The van der Waals surface area contributed by atoms with Crippen LogP contribution in [0, 0.1) is 5.92 Å². The maximum atomic E-state index is 3.69. The summed E-state index contributed by atoms with van der Waals surface area (Å²) in [5, 5.41) is 4.50. The first-order valence-corrected chi connectivity index (χ1v) is 8.03. The Bertz CT molecular complexity index is 150. The molecule has 0 aliphatic carbocycles. The summed E-state index contributed by atoms with van der Waals surface area (Å²) in [5.41, 5.74) is 0. The molecule has 1 nitrogen and oxygen atoms in total. The highest BCUT2D eigenvalue weighted by atomic mass is 32.2. The highest BCUT2D eigenvalue weighted by Crippen LogP contribution is 2.18. The molecule has 0 aromatic rings. The average molecular weight is 245 g/mol. The van der Waals surface area contributed by atoms with Crippen LogP contribution in [0.5, 0.6) is 0 Å². The van der Waals surface area contributed by atoms with Crippen LogP contribution in [0.2, 0.25) is 0 Å². The third-order valence-electron chi connectivity index (χ3n) is 3.22. The Labute approximate surface area is 107 Å². The van der Waals surface area contributed by atoms with E-state index in [-0.39, 0.29) is 0 Å². The van der Waals surface area contributed by atoms with Gasteiger partial charge in [-0.15, -0.1) is 0 Å². The van der Waals surface area contributed by atoms with Crippen molar-refractivity contribution in [2.45, 2.75) is 71.6 Å². The largest absolute Gasteiger partial charge is 0.313 e. The summed E-state index contributed by atoms with van der Waals surface area (Å²) in [6, 6.07) is 0.717. The summed E-state index contributed by atoms with van der Waals surface area (Å²) in [5.74, 6) is 2.13. The second-order valence-corrected chi connectivity index (χ2v) is 6.42. The molecular weight excluding hydrogens is 214 g/mol. The van der Waals surface area contributed by atoms with Crippen molar-refractivity contribution in [2.75, 3.05) is 12.3 Å². The van der Waals surface area contributed by atoms with Gasteiger partial charge < -0.3 is 5.32 Å². The number of rotatable bonds is 10. The predicted octanol–water partition coefficient (Wildman–Crippen LogP) is 4.32. The van der Waals surface area contributed by atoms with Gasteiger partial charge in [-0.05, 0) is 31.7 Å². The van der Waals surface area contributed by atoms with Crippen LogP contribution in [-0.4, -0.2) is 23.6 Å². The Morgan fingerprint density at radius 1 is 1.06 bits per heavy atom. The fourth-order valence-corrected chi connectivity index (χ4v) is 2.66. The molecule has 16 heavy (non-hydrogen) atoms. The highest BCUT2D eigenvalue weighted by molar-refractivity contribution is 7.99. The summed E-state index contributed by atoms with van der Waals surface area (Å²) in [4.78, 5) is 0. The summed E-state index contributed by atoms with van der Waals surface area (Å²) < 4.78 is 0. The van der Waals surface area contributed by atoms with Gasteiger partial charge >= 0.3 is 0 Å². The molecule has 0 saturated heterocycles. The molecule has 0 aromatic carbocycles. The lowest BCUT2D eigenvalue weighted by Gasteiger charge is -2.22. The van der Waals surface area contributed by atoms with Crippen molar-refractivity contribution in [2.24, 2.45) is 5.92 Å². The monoisotopic (exact) mass is 245 g/mol. The Morgan fingerprint density at radius 3 is 2.25 bits per heavy atom. The second-order valence-electron chi connectivity index (χ2n) is 4.95. The van der Waals surface area contributed by atoms with E-state index in [1.807, 2.05) is 0 Å². The molecule has 0 saturated carbocycles. The van der Waals surface area contributed by atoms with Gasteiger partial charge in [0.1, 0.15) is 0 Å². The van der Waals surface area contributed by atoms with Crippen LogP contribution in [0.25, 0.3) is 0 Å². The molecule has 0 spiro atoms. The van der Waals surface area contributed by atoms with Crippen molar-refractivity contribution in [1.29, 1.82) is 0 Å². The lowest BCUT2D eigenvalue weighted by Crippen LogP contribution is -2.34. The molecule has 0 aliphatic rings. The standard InChI is InChI=1S/C14H31NS/c1-6-9-15-14(10-12(4)7-2)11-16-13(5)8-3/h12-15H,6-11H2,1-5H3. The first-order chi connectivity index (χ1) is 7.63. The first-order valence-electron chi connectivity index (χ1n) is 6.98. The minimum atomic E-state index is 0.717. The average Bonchev–Trinajstić information content (AvgIpc) is 2.31. The molecule has 0 bridgehead atoms. The van der Waals surface area contributed by atoms with Crippen molar-refractivity contribution in [3.8, 4) is 0 Å². The molecule has 1 N–H and O–H groups in total. The van der Waals surface area contributed by atoms with E-state index in [1.165, 1.54) is 38.0 Å². The Kier molecular flexibility index (Phi) is 10.7. The topological polar surface area (TPSA) is 12.0 Å². The van der Waals surface area contributed by atoms with Gasteiger partial charge in [0.15, 0.2) is 0 Å². The lowest BCUT2D eigenvalue weighted by atomic mass is 10.0. The zero-order valence-electron chi connectivity index (χ0n) is 11.9. The van der Waals surface area contributed by atoms with Gasteiger partial charge in [0.05, 0.1) is 0 Å². The van der Waals surface area contributed by atoms with Crippen LogP contribution in [0.15, 0.2) is 0 Å². The van der Waals surface area contributed by atoms with Gasteiger partial charge in [-0.2, -0.15) is 11.8 Å². The summed E-state index contributed by atoms with van der Waals surface area (Å²) >= 11 is 2.12. The number of hydrogen-bond donors (Lipinski definition) is 1. The van der Waals surface area contributed by atoms with Crippen molar-refractivity contribution in [3.05, 3.63) is 0 Å². The maximum absolute atomic E-state index is 3.69. The van der Waals surface area contributed by atoms with E-state index in [2.05, 4.69) is 51.7 Å². The van der Waals surface area contributed by atoms with Gasteiger partial charge in [0.2, 0.25) is 0 Å². The Morgan fingerprint density at radius 2 is 1.75 bits per heavy atom. The maximum Gasteiger partial charge on any atom is 0.0160 e. The quantitative estimate of drug-likeness (QED) is 0.615. The van der Waals surface area contributed by atoms with Crippen LogP contribution in [0.1, 0.15) is 60.3 Å². The van der Waals surface area contributed by atoms with Crippen LogP contribution >= 0.6 is 11.8 Å². The van der Waals surface area contributed by atoms with Crippen molar-refractivity contribution >= 4 is 11.8 Å². The van der Waals surface area contributed by atoms with Crippen LogP contribution in [-0.2, 0) is 0 Å². The Hall–Kier alpha value is 0.310. The number of nitrogens with one attached hydrogen (secondary N) is 1. The molecule has 0 aliphatic heterocycles. The minimum absolute atomic E-state index is 0.717. The third-order valence-corrected chi connectivity index (χ3v) is 4.72. The molecule has 0 radical (unpaired) electrons. The summed E-state index contributed by atoms with van der Waals surface area (Å²) in [6.45, 7) is 12.7. The Balaban J connectivity index is 3.89. The molecule has 0 rings (SSSR count). The van der Waals surface area contributed by atoms with E-state index in [1.54, 1.807) is 0 Å². The smallest absolute Gasteiger partial charge is 0.0160 e. The molecule has 0 fully saturated rings. The van der Waals surface area contributed by atoms with Gasteiger partial charge in [-0.25, -0.2) is 0 Å². The van der Waals surface area contributed by atoms with Crippen LogP contribution < -0.4 is 5.32 Å². The molecule has 0 aromatic heterocycles. The molecular formula is C14H31NS. The van der Waals surface area contributed by atoms with Crippen molar-refractivity contribution < 1.29 is 0 Å². The van der Waals surface area contributed by atoms with E-state index in [0.29, 0.717) is 6.04 Å². The van der Waals surface area contributed by atoms with Crippen LogP contribution in [0.3, 0.4) is 0 Å². The van der Waals surface area contributed by atoms with Crippen molar-refractivity contribution in [1.82, 2.24) is 5.32 Å². The summed E-state index contributed by atoms with van der Waals surface area (Å²) in [6.07, 6.45) is 5.16. The van der Waals surface area contributed by atoms with Crippen molar-refractivity contribution in [3.63, 3.8) is 0 Å². The first kappa shape index (κ1) is 16.3. The zero-order valence-corrected chi connectivity index (χ0v) is 12.7. The normalized spacial score (nSPS) is 17.1. The fourth-order valence-electron chi connectivity index (χ4n) is 1.61. The highest BCUT2D eigenvalue weighted by Gasteiger charge is 2.12. The fraction of sp³-hybridized carbons (Fsp3) is 1.00. The van der Waals surface area contributed by atoms with E-state index in [0.717, 1.165) is 11.2 Å². The second kappa shape index (κ2) is 10.5. The predicted molar refractivity (Wildman–Crippen MR) is 78.4 cm³/mol. The van der Waals surface area contributed by atoms with E-state index < -0.39 is 0 Å².